The van der Waals surface area contributed by atoms with Crippen molar-refractivity contribution >= 4 is 22.8 Å². The maximum absolute atomic E-state index is 9.49. The molecular weight excluding hydrogens is 244 g/mol. The Bertz CT molecular complexity index is 538. The smallest absolute Gasteiger partial charge is 0.226 e. The molecular formula is C12H20N6O. The van der Waals surface area contributed by atoms with E-state index in [1.165, 1.54) is 0 Å². The summed E-state index contributed by atoms with van der Waals surface area (Å²) in [6.07, 6.45) is 2.28. The molecule has 0 saturated carbocycles. The van der Waals surface area contributed by atoms with E-state index in [0.29, 0.717) is 18.1 Å². The maximum Gasteiger partial charge on any atom is 0.226 e. The number of H-pyrrole nitrogens is 1. The Morgan fingerprint density at radius 2 is 2.26 bits per heavy atom. The first-order chi connectivity index (χ1) is 9.11. The number of hydrogen-bond donors (Lipinski definition) is 3. The van der Waals surface area contributed by atoms with Crippen molar-refractivity contribution in [1.29, 1.82) is 0 Å². The number of nitrogens with one attached hydrogen (secondary N) is 2. The molecule has 0 aliphatic rings. The summed E-state index contributed by atoms with van der Waals surface area (Å²) >= 11 is 0. The van der Waals surface area contributed by atoms with Crippen molar-refractivity contribution in [2.45, 2.75) is 26.4 Å². The molecule has 19 heavy (non-hydrogen) atoms. The first-order valence-corrected chi connectivity index (χ1v) is 6.46. The molecule has 2 aromatic heterocycles. The fourth-order valence-electron chi connectivity index (χ4n) is 1.91. The van der Waals surface area contributed by atoms with Crippen LogP contribution in [0.25, 0.3) is 11.0 Å². The second kappa shape index (κ2) is 5.83. The second-order valence-corrected chi connectivity index (χ2v) is 4.66. The molecule has 1 unspecified atom stereocenters. The highest BCUT2D eigenvalue weighted by Crippen LogP contribution is 2.23. The first-order valence-electron chi connectivity index (χ1n) is 6.46. The zero-order valence-electron chi connectivity index (χ0n) is 11.5. The second-order valence-electron chi connectivity index (χ2n) is 4.66. The van der Waals surface area contributed by atoms with Crippen LogP contribution >= 0.6 is 0 Å². The number of anilines is 2. The van der Waals surface area contributed by atoms with E-state index in [2.05, 4.69) is 32.4 Å². The summed E-state index contributed by atoms with van der Waals surface area (Å²) in [6, 6.07) is 0. The minimum atomic E-state index is -0.422. The molecule has 0 aromatic carbocycles. The zero-order valence-corrected chi connectivity index (χ0v) is 11.5. The standard InChI is InChI=1S/C12H20N6O/c1-4-5-13-12-15-10-9(6-14-17-10)11(16-12)18(3)7-8(2)19/h6,8,19H,4-5,7H2,1-3H3,(H2,13,14,15,16,17). The minimum absolute atomic E-state index is 0.422. The number of rotatable bonds is 6. The zero-order chi connectivity index (χ0) is 13.8. The van der Waals surface area contributed by atoms with Crippen LogP contribution in [0.1, 0.15) is 20.3 Å². The summed E-state index contributed by atoms with van der Waals surface area (Å²) in [5.41, 5.74) is 0.695. The molecule has 0 spiro atoms. The van der Waals surface area contributed by atoms with Gasteiger partial charge in [0.1, 0.15) is 5.82 Å². The van der Waals surface area contributed by atoms with Gasteiger partial charge < -0.3 is 15.3 Å². The number of likely N-dealkylation sites (N-methyl/N-ethyl adjacent to an activating group) is 1. The lowest BCUT2D eigenvalue weighted by Gasteiger charge is -2.20. The predicted octanol–water partition coefficient (Wildman–Crippen LogP) is 0.992. The van der Waals surface area contributed by atoms with Crippen molar-refractivity contribution in [3.05, 3.63) is 6.20 Å². The average molecular weight is 264 g/mol. The summed E-state index contributed by atoms with van der Waals surface area (Å²) in [5.74, 6) is 1.34. The van der Waals surface area contributed by atoms with Gasteiger partial charge in [-0.25, -0.2) is 0 Å². The van der Waals surface area contributed by atoms with Gasteiger partial charge in [0, 0.05) is 20.1 Å². The average Bonchev–Trinajstić information content (AvgIpc) is 2.82. The monoisotopic (exact) mass is 264 g/mol. The molecule has 7 heteroatoms. The van der Waals surface area contributed by atoms with Crippen molar-refractivity contribution in [3.63, 3.8) is 0 Å². The first kappa shape index (κ1) is 13.5. The van der Waals surface area contributed by atoms with Crippen LogP contribution in [0.15, 0.2) is 6.20 Å². The number of fused-ring (bicyclic) bond motifs is 1. The Morgan fingerprint density at radius 1 is 1.47 bits per heavy atom. The van der Waals surface area contributed by atoms with E-state index in [0.717, 1.165) is 24.2 Å². The molecule has 2 aromatic rings. The maximum atomic E-state index is 9.49. The normalized spacial score (nSPS) is 12.6. The number of aliphatic hydroxyl groups is 1. The number of hydrogen-bond acceptors (Lipinski definition) is 6. The third kappa shape index (κ3) is 3.11. The van der Waals surface area contributed by atoms with Gasteiger partial charge in [-0.15, -0.1) is 0 Å². The van der Waals surface area contributed by atoms with Crippen molar-refractivity contribution in [3.8, 4) is 0 Å². The third-order valence-corrected chi connectivity index (χ3v) is 2.72. The van der Waals surface area contributed by atoms with Crippen LogP contribution in [0.4, 0.5) is 11.8 Å². The van der Waals surface area contributed by atoms with Gasteiger partial charge in [0.2, 0.25) is 5.95 Å². The lowest BCUT2D eigenvalue weighted by atomic mass is 10.3. The summed E-state index contributed by atoms with van der Waals surface area (Å²) in [6.45, 7) is 5.16. The molecule has 0 bridgehead atoms. The van der Waals surface area contributed by atoms with Crippen LogP contribution in [0.5, 0.6) is 0 Å². The SMILES string of the molecule is CCCNc1nc(N(C)CC(C)O)c2cn[nH]c2n1. The number of aromatic amines is 1. The van der Waals surface area contributed by atoms with Gasteiger partial charge in [-0.3, -0.25) is 5.10 Å². The Kier molecular flexibility index (Phi) is 4.16. The Labute approximate surface area is 112 Å². The molecule has 104 valence electrons. The highest BCUT2D eigenvalue weighted by molar-refractivity contribution is 5.87. The largest absolute Gasteiger partial charge is 0.392 e. The molecule has 0 aliphatic heterocycles. The Hall–Kier alpha value is -1.89. The lowest BCUT2D eigenvalue weighted by molar-refractivity contribution is 0.201. The summed E-state index contributed by atoms with van der Waals surface area (Å²) in [7, 11) is 1.89. The fourth-order valence-corrected chi connectivity index (χ4v) is 1.91. The van der Waals surface area contributed by atoms with Crippen molar-refractivity contribution < 1.29 is 5.11 Å². The van der Waals surface area contributed by atoms with E-state index >= 15 is 0 Å². The number of aromatic nitrogens is 4. The van der Waals surface area contributed by atoms with Crippen molar-refractivity contribution in [1.82, 2.24) is 20.2 Å². The van der Waals surface area contributed by atoms with E-state index in [1.54, 1.807) is 13.1 Å². The van der Waals surface area contributed by atoms with Gasteiger partial charge in [0.25, 0.3) is 0 Å². The van der Waals surface area contributed by atoms with Crippen LogP contribution in [0.2, 0.25) is 0 Å². The van der Waals surface area contributed by atoms with Gasteiger partial charge in [-0.1, -0.05) is 6.92 Å². The quantitative estimate of drug-likeness (QED) is 0.721. The van der Waals surface area contributed by atoms with E-state index < -0.39 is 6.10 Å². The van der Waals surface area contributed by atoms with Gasteiger partial charge in [0.15, 0.2) is 5.65 Å². The molecule has 2 heterocycles. The number of nitrogens with zero attached hydrogens (tertiary/aromatic N) is 4. The van der Waals surface area contributed by atoms with E-state index in [9.17, 15) is 5.11 Å². The van der Waals surface area contributed by atoms with Crippen LogP contribution in [0, 0.1) is 0 Å². The van der Waals surface area contributed by atoms with E-state index in [4.69, 9.17) is 0 Å². The number of aliphatic hydroxyl groups excluding tert-OH is 1. The molecule has 7 nitrogen and oxygen atoms in total. The van der Waals surface area contributed by atoms with Crippen molar-refractivity contribution in [2.75, 3.05) is 30.4 Å². The molecule has 0 amide bonds. The Morgan fingerprint density at radius 3 is 2.95 bits per heavy atom. The molecule has 0 fully saturated rings. The van der Waals surface area contributed by atoms with Crippen LogP contribution in [-0.2, 0) is 0 Å². The van der Waals surface area contributed by atoms with Crippen LogP contribution < -0.4 is 10.2 Å². The lowest BCUT2D eigenvalue weighted by Crippen LogP contribution is -2.28. The highest BCUT2D eigenvalue weighted by Gasteiger charge is 2.14. The molecule has 0 radical (unpaired) electrons. The summed E-state index contributed by atoms with van der Waals surface area (Å²) < 4.78 is 0. The van der Waals surface area contributed by atoms with Crippen LogP contribution in [-0.4, -0.2) is 51.5 Å². The van der Waals surface area contributed by atoms with Gasteiger partial charge in [0.05, 0.1) is 17.7 Å². The van der Waals surface area contributed by atoms with Crippen LogP contribution in [0.3, 0.4) is 0 Å². The minimum Gasteiger partial charge on any atom is -0.392 e. The van der Waals surface area contributed by atoms with Crippen molar-refractivity contribution in [2.24, 2.45) is 0 Å². The molecule has 1 atom stereocenters. The highest BCUT2D eigenvalue weighted by atomic mass is 16.3. The van der Waals surface area contributed by atoms with Gasteiger partial charge in [-0.2, -0.15) is 15.1 Å². The summed E-state index contributed by atoms with van der Waals surface area (Å²) in [5, 5.41) is 20.4. The van der Waals surface area contributed by atoms with Gasteiger partial charge in [-0.05, 0) is 13.3 Å². The van der Waals surface area contributed by atoms with Gasteiger partial charge >= 0.3 is 0 Å². The topological polar surface area (TPSA) is 90.0 Å². The Balaban J connectivity index is 2.36. The summed E-state index contributed by atoms with van der Waals surface area (Å²) in [4.78, 5) is 10.8. The predicted molar refractivity (Wildman–Crippen MR) is 75.4 cm³/mol. The molecule has 0 aliphatic carbocycles. The fraction of sp³-hybridized carbons (Fsp3) is 0.583. The third-order valence-electron chi connectivity index (χ3n) is 2.72. The molecule has 3 N–H and O–H groups in total. The molecule has 0 saturated heterocycles. The molecule has 2 rings (SSSR count). The van der Waals surface area contributed by atoms with E-state index in [-0.39, 0.29) is 0 Å². The van der Waals surface area contributed by atoms with E-state index in [1.807, 2.05) is 11.9 Å².